The number of rotatable bonds is 5. The molecular weight excluding hydrogens is 276 g/mol. The summed E-state index contributed by atoms with van der Waals surface area (Å²) in [5.41, 5.74) is 2.34. The summed E-state index contributed by atoms with van der Waals surface area (Å²) in [4.78, 5) is 7.18. The molecule has 0 bridgehead atoms. The van der Waals surface area contributed by atoms with Crippen LogP contribution in [-0.4, -0.2) is 11.5 Å². The van der Waals surface area contributed by atoms with Crippen molar-refractivity contribution in [1.29, 1.82) is 0 Å². The molecule has 0 spiro atoms. The lowest BCUT2D eigenvalue weighted by molar-refractivity contribution is 0.545. The molecule has 0 aliphatic heterocycles. The average Bonchev–Trinajstić information content (AvgIpc) is 3.01. The fourth-order valence-corrected chi connectivity index (χ4v) is 3.90. The number of hydrogen-bond donors (Lipinski definition) is 1. The number of aromatic nitrogens is 1. The Morgan fingerprint density at radius 2 is 2.00 bits per heavy atom. The predicted molar refractivity (Wildman–Crippen MR) is 91.8 cm³/mol. The van der Waals surface area contributed by atoms with E-state index in [1.807, 2.05) is 23.6 Å². The van der Waals surface area contributed by atoms with Gasteiger partial charge in [-0.1, -0.05) is 32.0 Å². The molecular formula is C18H20N2S. The minimum atomic E-state index is 0.460. The molecule has 2 heterocycles. The zero-order valence-corrected chi connectivity index (χ0v) is 13.3. The molecule has 0 saturated carbocycles. The van der Waals surface area contributed by atoms with Crippen LogP contribution in [0.25, 0.3) is 21.3 Å². The summed E-state index contributed by atoms with van der Waals surface area (Å²) < 4.78 is 0. The molecule has 0 radical (unpaired) electrons. The first-order chi connectivity index (χ1) is 10.3. The summed E-state index contributed by atoms with van der Waals surface area (Å²) in [7, 11) is 0. The third-order valence-corrected chi connectivity index (χ3v) is 4.97. The van der Waals surface area contributed by atoms with Gasteiger partial charge in [0.15, 0.2) is 0 Å². The maximum absolute atomic E-state index is 4.45. The van der Waals surface area contributed by atoms with Crippen LogP contribution in [-0.2, 0) is 0 Å². The Balaban J connectivity index is 2.02. The lowest BCUT2D eigenvalue weighted by Gasteiger charge is -2.13. The molecule has 108 valence electrons. The molecule has 0 amide bonds. The number of nitrogens with one attached hydrogen (secondary N) is 1. The first kappa shape index (κ1) is 14.2. The van der Waals surface area contributed by atoms with Gasteiger partial charge in [0.2, 0.25) is 0 Å². The zero-order chi connectivity index (χ0) is 14.7. The Morgan fingerprint density at radius 1 is 1.10 bits per heavy atom. The summed E-state index contributed by atoms with van der Waals surface area (Å²) in [5, 5.41) is 4.78. The van der Waals surface area contributed by atoms with E-state index in [1.165, 1.54) is 20.7 Å². The Morgan fingerprint density at radius 3 is 2.81 bits per heavy atom. The lowest BCUT2D eigenvalue weighted by atomic mass is 10.1. The molecule has 0 aliphatic carbocycles. The minimum absolute atomic E-state index is 0.460. The summed E-state index contributed by atoms with van der Waals surface area (Å²) in [5.74, 6) is 0. The first-order valence-corrected chi connectivity index (χ1v) is 8.32. The van der Waals surface area contributed by atoms with E-state index >= 15 is 0 Å². The highest BCUT2D eigenvalue weighted by atomic mass is 32.1. The highest BCUT2D eigenvalue weighted by Crippen LogP contribution is 2.35. The van der Waals surface area contributed by atoms with Crippen molar-refractivity contribution in [2.75, 3.05) is 6.54 Å². The third kappa shape index (κ3) is 2.85. The highest BCUT2D eigenvalue weighted by molar-refractivity contribution is 7.15. The van der Waals surface area contributed by atoms with Crippen molar-refractivity contribution in [2.45, 2.75) is 26.3 Å². The molecule has 1 N–H and O–H groups in total. The molecule has 3 rings (SSSR count). The van der Waals surface area contributed by atoms with E-state index in [4.69, 9.17) is 0 Å². The van der Waals surface area contributed by atoms with E-state index in [0.717, 1.165) is 18.5 Å². The Kier molecular flexibility index (Phi) is 4.32. The molecule has 3 heteroatoms. The standard InChI is InChI=1S/C18H20N2S/c1-3-15(19-4-2)18-11-10-17(21-18)14-7-5-9-16-13(14)8-6-12-20-16/h5-12,15,19H,3-4H2,1-2H3. The van der Waals surface area contributed by atoms with E-state index in [0.29, 0.717) is 6.04 Å². The first-order valence-electron chi connectivity index (χ1n) is 7.50. The van der Waals surface area contributed by atoms with Gasteiger partial charge in [-0.3, -0.25) is 4.98 Å². The smallest absolute Gasteiger partial charge is 0.0708 e. The number of fused-ring (bicyclic) bond motifs is 1. The summed E-state index contributed by atoms with van der Waals surface area (Å²) in [6.45, 7) is 5.39. The minimum Gasteiger partial charge on any atom is -0.310 e. The van der Waals surface area contributed by atoms with Gasteiger partial charge in [-0.15, -0.1) is 11.3 Å². The van der Waals surface area contributed by atoms with Crippen molar-refractivity contribution in [2.24, 2.45) is 0 Å². The van der Waals surface area contributed by atoms with Crippen LogP contribution in [0.4, 0.5) is 0 Å². The van der Waals surface area contributed by atoms with E-state index in [-0.39, 0.29) is 0 Å². The normalized spacial score (nSPS) is 12.7. The number of hydrogen-bond acceptors (Lipinski definition) is 3. The van der Waals surface area contributed by atoms with Crippen LogP contribution in [0.3, 0.4) is 0 Å². The van der Waals surface area contributed by atoms with Gasteiger partial charge < -0.3 is 5.32 Å². The van der Waals surface area contributed by atoms with Crippen molar-refractivity contribution < 1.29 is 0 Å². The second-order valence-electron chi connectivity index (χ2n) is 5.10. The predicted octanol–water partition coefficient (Wildman–Crippen LogP) is 5.02. The van der Waals surface area contributed by atoms with Gasteiger partial charge in [-0.2, -0.15) is 0 Å². The number of pyridine rings is 1. The second-order valence-corrected chi connectivity index (χ2v) is 6.21. The maximum atomic E-state index is 4.45. The Hall–Kier alpha value is -1.71. The molecule has 1 atom stereocenters. The summed E-state index contributed by atoms with van der Waals surface area (Å²) >= 11 is 1.88. The van der Waals surface area contributed by atoms with Crippen LogP contribution in [0.1, 0.15) is 31.2 Å². The van der Waals surface area contributed by atoms with Crippen LogP contribution >= 0.6 is 11.3 Å². The molecule has 0 aliphatic rings. The van der Waals surface area contributed by atoms with Gasteiger partial charge >= 0.3 is 0 Å². The van der Waals surface area contributed by atoms with E-state index < -0.39 is 0 Å². The van der Waals surface area contributed by atoms with Gasteiger partial charge in [0.25, 0.3) is 0 Å². The quantitative estimate of drug-likeness (QED) is 0.714. The molecule has 0 fully saturated rings. The topological polar surface area (TPSA) is 24.9 Å². The second kappa shape index (κ2) is 6.37. The van der Waals surface area contributed by atoms with Gasteiger partial charge in [0.1, 0.15) is 0 Å². The molecule has 1 unspecified atom stereocenters. The lowest BCUT2D eigenvalue weighted by Crippen LogP contribution is -2.18. The van der Waals surface area contributed by atoms with Crippen LogP contribution in [0.5, 0.6) is 0 Å². The van der Waals surface area contributed by atoms with E-state index in [1.54, 1.807) is 0 Å². The molecule has 2 nitrogen and oxygen atoms in total. The van der Waals surface area contributed by atoms with Crippen LogP contribution in [0, 0.1) is 0 Å². The molecule has 3 aromatic rings. The SMILES string of the molecule is CCNC(CC)c1ccc(-c2cccc3ncccc23)s1. The Bertz CT molecular complexity index is 727. The third-order valence-electron chi connectivity index (χ3n) is 3.74. The van der Waals surface area contributed by atoms with Gasteiger partial charge in [0.05, 0.1) is 5.52 Å². The fourth-order valence-electron chi connectivity index (χ4n) is 2.70. The number of thiophene rings is 1. The van der Waals surface area contributed by atoms with Crippen LogP contribution in [0.2, 0.25) is 0 Å². The van der Waals surface area contributed by atoms with Crippen molar-refractivity contribution in [1.82, 2.24) is 10.3 Å². The van der Waals surface area contributed by atoms with Crippen molar-refractivity contribution in [3.8, 4) is 10.4 Å². The summed E-state index contributed by atoms with van der Waals surface area (Å²) in [6.07, 6.45) is 2.97. The largest absolute Gasteiger partial charge is 0.310 e. The monoisotopic (exact) mass is 296 g/mol. The molecule has 1 aromatic carbocycles. The molecule has 0 saturated heterocycles. The van der Waals surface area contributed by atoms with Gasteiger partial charge in [-0.05, 0) is 37.2 Å². The van der Waals surface area contributed by atoms with Crippen LogP contribution < -0.4 is 5.32 Å². The van der Waals surface area contributed by atoms with Gasteiger partial charge in [0, 0.05) is 32.9 Å². The zero-order valence-electron chi connectivity index (χ0n) is 12.5. The highest BCUT2D eigenvalue weighted by Gasteiger charge is 2.12. The maximum Gasteiger partial charge on any atom is 0.0708 e. The fraction of sp³-hybridized carbons (Fsp3) is 0.278. The summed E-state index contributed by atoms with van der Waals surface area (Å²) in [6, 6.07) is 15.5. The van der Waals surface area contributed by atoms with Crippen molar-refractivity contribution in [3.63, 3.8) is 0 Å². The van der Waals surface area contributed by atoms with Crippen molar-refractivity contribution >= 4 is 22.2 Å². The molecule has 2 aromatic heterocycles. The van der Waals surface area contributed by atoms with E-state index in [9.17, 15) is 0 Å². The van der Waals surface area contributed by atoms with Crippen LogP contribution in [0.15, 0.2) is 48.7 Å². The van der Waals surface area contributed by atoms with E-state index in [2.05, 4.69) is 60.5 Å². The Labute approximate surface area is 129 Å². The van der Waals surface area contributed by atoms with Crippen molar-refractivity contribution in [3.05, 3.63) is 53.5 Å². The van der Waals surface area contributed by atoms with Gasteiger partial charge in [-0.25, -0.2) is 0 Å². The molecule has 21 heavy (non-hydrogen) atoms. The number of benzene rings is 1. The number of nitrogens with zero attached hydrogens (tertiary/aromatic N) is 1. The average molecular weight is 296 g/mol.